The number of amides is 2. The van der Waals surface area contributed by atoms with Crippen molar-refractivity contribution in [2.45, 2.75) is 32.7 Å². The van der Waals surface area contributed by atoms with E-state index >= 15 is 0 Å². The van der Waals surface area contributed by atoms with Gasteiger partial charge in [-0.1, -0.05) is 17.7 Å². The monoisotopic (exact) mass is 393 g/mol. The number of urea groups is 1. The molecule has 0 unspecified atom stereocenters. The maximum atomic E-state index is 13.6. The summed E-state index contributed by atoms with van der Waals surface area (Å²) in [6.45, 7) is 4.02. The molecule has 0 atom stereocenters. The van der Waals surface area contributed by atoms with Gasteiger partial charge in [0.15, 0.2) is 5.82 Å². The summed E-state index contributed by atoms with van der Waals surface area (Å²) in [5.74, 6) is 0.649. The zero-order valence-electron chi connectivity index (χ0n) is 15.6. The average molecular weight is 394 g/mol. The molecule has 8 heteroatoms. The fourth-order valence-corrected chi connectivity index (χ4v) is 2.85. The van der Waals surface area contributed by atoms with Crippen LogP contribution in [0.3, 0.4) is 0 Å². The number of carbonyl (C=O) groups is 1. The number of hydrogen-bond donors (Lipinski definition) is 2. The number of nitrogens with zero attached hydrogens (tertiary/aromatic N) is 3. The van der Waals surface area contributed by atoms with Crippen LogP contribution in [0.2, 0.25) is 5.02 Å². The van der Waals surface area contributed by atoms with Crippen LogP contribution in [0.4, 0.5) is 15.0 Å². The number of rotatable bonds is 3. The van der Waals surface area contributed by atoms with Crippen LogP contribution < -0.4 is 15.5 Å². The number of nitrogens with one attached hydrogen (secondary N) is 2. The van der Waals surface area contributed by atoms with Crippen LogP contribution in [0.15, 0.2) is 30.5 Å². The summed E-state index contributed by atoms with van der Waals surface area (Å²) in [5, 5.41) is 13.2. The Morgan fingerprint density at radius 2 is 2.00 bits per heavy atom. The lowest BCUT2D eigenvalue weighted by atomic mass is 10.1. The predicted octanol–water partition coefficient (Wildman–Crippen LogP) is 3.68. The first kappa shape index (κ1) is 20.9. The fraction of sp³-hybridized carbons (Fsp3) is 0.421. The topological polar surface area (TPSA) is 70.1 Å². The molecule has 2 aromatic rings. The molecular weight excluding hydrogens is 369 g/mol. The third-order valence-corrected chi connectivity index (χ3v) is 4.71. The molecule has 1 aliphatic heterocycles. The quantitative estimate of drug-likeness (QED) is 0.834. The number of anilines is 1. The summed E-state index contributed by atoms with van der Waals surface area (Å²) in [5.41, 5.74) is 0.813. The first-order valence-electron chi connectivity index (χ1n) is 8.94. The number of benzene rings is 1. The Morgan fingerprint density at radius 3 is 2.63 bits per heavy atom. The van der Waals surface area contributed by atoms with Gasteiger partial charge in [-0.2, -0.15) is 5.10 Å². The van der Waals surface area contributed by atoms with Gasteiger partial charge in [0, 0.05) is 49.0 Å². The van der Waals surface area contributed by atoms with E-state index in [1.165, 1.54) is 26.3 Å². The second-order valence-electron chi connectivity index (χ2n) is 6.21. The Kier molecular flexibility index (Phi) is 8.26. The molecule has 146 valence electrons. The molecule has 1 aromatic heterocycles. The number of halogens is 2. The van der Waals surface area contributed by atoms with Crippen molar-refractivity contribution in [3.8, 4) is 0 Å². The minimum absolute atomic E-state index is 0.142. The van der Waals surface area contributed by atoms with Gasteiger partial charge in [0.2, 0.25) is 0 Å². The van der Waals surface area contributed by atoms with E-state index in [0.29, 0.717) is 16.1 Å². The molecule has 0 radical (unpaired) electrons. The van der Waals surface area contributed by atoms with E-state index in [1.807, 2.05) is 12.1 Å². The first-order valence-corrected chi connectivity index (χ1v) is 9.32. The Morgan fingerprint density at radius 1 is 1.26 bits per heavy atom. The van der Waals surface area contributed by atoms with Crippen molar-refractivity contribution >= 4 is 23.4 Å². The second-order valence-corrected chi connectivity index (χ2v) is 6.61. The lowest BCUT2D eigenvalue weighted by molar-refractivity contribution is 0.242. The van der Waals surface area contributed by atoms with Crippen LogP contribution in [0, 0.1) is 12.7 Å². The fourth-order valence-electron chi connectivity index (χ4n) is 2.70. The van der Waals surface area contributed by atoms with Crippen molar-refractivity contribution in [3.05, 3.63) is 52.4 Å². The molecule has 0 aliphatic carbocycles. The Balaban J connectivity index is 0.000000198. The summed E-state index contributed by atoms with van der Waals surface area (Å²) < 4.78 is 13.6. The van der Waals surface area contributed by atoms with E-state index in [4.69, 9.17) is 11.6 Å². The number of aromatic nitrogens is 2. The summed E-state index contributed by atoms with van der Waals surface area (Å²) in [6, 6.07) is 6.79. The molecule has 27 heavy (non-hydrogen) atoms. The third-order valence-electron chi connectivity index (χ3n) is 4.30. The number of hydrogen-bond acceptors (Lipinski definition) is 4. The molecule has 6 nitrogen and oxygen atoms in total. The van der Waals surface area contributed by atoms with Gasteiger partial charge < -0.3 is 15.5 Å². The molecule has 0 spiro atoms. The van der Waals surface area contributed by atoms with Crippen LogP contribution in [0.5, 0.6) is 0 Å². The van der Waals surface area contributed by atoms with E-state index in [2.05, 4.69) is 25.7 Å². The first-order chi connectivity index (χ1) is 13.0. The standard InChI is InChI=1S/C10H12ClFN2O.C9H13N3/c1-6-8(11)4-3-7(9(6)12)5-14-10(15)13-2;1-2-7-12(8-3-1)9-5-4-6-10-11-9/h3-4H,5H2,1-2H3,(H2,13,14,15);4-6H,1-3,7-8H2. The van der Waals surface area contributed by atoms with Crippen LogP contribution in [-0.4, -0.2) is 36.4 Å². The van der Waals surface area contributed by atoms with Gasteiger partial charge in [-0.25, -0.2) is 9.18 Å². The molecule has 1 aromatic carbocycles. The molecular formula is C19H25ClFN5O. The lowest BCUT2D eigenvalue weighted by Gasteiger charge is -2.26. The minimum atomic E-state index is -0.376. The summed E-state index contributed by atoms with van der Waals surface area (Å²) in [4.78, 5) is 13.2. The van der Waals surface area contributed by atoms with Crippen LogP contribution in [0.25, 0.3) is 0 Å². The van der Waals surface area contributed by atoms with Crippen molar-refractivity contribution in [2.24, 2.45) is 0 Å². The van der Waals surface area contributed by atoms with Crippen LogP contribution in [-0.2, 0) is 6.54 Å². The Hall–Kier alpha value is -2.41. The predicted molar refractivity (Wildman–Crippen MR) is 106 cm³/mol. The average Bonchev–Trinajstić information content (AvgIpc) is 2.73. The zero-order valence-corrected chi connectivity index (χ0v) is 16.4. The Bertz CT molecular complexity index is 738. The molecule has 1 saturated heterocycles. The van der Waals surface area contributed by atoms with E-state index in [9.17, 15) is 9.18 Å². The SMILES string of the molecule is CNC(=O)NCc1ccc(Cl)c(C)c1F.c1cnnc(N2CCCCC2)c1. The largest absolute Gasteiger partial charge is 0.355 e. The van der Waals surface area contributed by atoms with Gasteiger partial charge in [0.25, 0.3) is 0 Å². The number of piperidine rings is 1. The maximum absolute atomic E-state index is 13.6. The minimum Gasteiger partial charge on any atom is -0.355 e. The summed E-state index contributed by atoms with van der Waals surface area (Å²) >= 11 is 5.74. The van der Waals surface area contributed by atoms with Gasteiger partial charge in [-0.15, -0.1) is 5.10 Å². The van der Waals surface area contributed by atoms with Crippen molar-refractivity contribution in [1.82, 2.24) is 20.8 Å². The van der Waals surface area contributed by atoms with E-state index in [-0.39, 0.29) is 18.4 Å². The van der Waals surface area contributed by atoms with Gasteiger partial charge in [0.1, 0.15) is 5.82 Å². The molecule has 2 N–H and O–H groups in total. The molecule has 2 amide bonds. The smallest absolute Gasteiger partial charge is 0.314 e. The van der Waals surface area contributed by atoms with Crippen molar-refractivity contribution in [3.63, 3.8) is 0 Å². The molecule has 0 bridgehead atoms. The number of carbonyl (C=O) groups excluding carboxylic acids is 1. The van der Waals surface area contributed by atoms with Crippen molar-refractivity contribution in [2.75, 3.05) is 25.0 Å². The maximum Gasteiger partial charge on any atom is 0.314 e. The summed E-state index contributed by atoms with van der Waals surface area (Å²) in [7, 11) is 1.50. The van der Waals surface area contributed by atoms with E-state index < -0.39 is 0 Å². The second kappa shape index (κ2) is 10.7. The zero-order chi connectivity index (χ0) is 19.6. The van der Waals surface area contributed by atoms with E-state index in [0.717, 1.165) is 18.9 Å². The third kappa shape index (κ3) is 6.36. The highest BCUT2D eigenvalue weighted by molar-refractivity contribution is 6.31. The van der Waals surface area contributed by atoms with Crippen LogP contribution >= 0.6 is 11.6 Å². The van der Waals surface area contributed by atoms with Crippen molar-refractivity contribution in [1.29, 1.82) is 0 Å². The highest BCUT2D eigenvalue weighted by Gasteiger charge is 2.11. The Labute approximate surface area is 164 Å². The van der Waals surface area contributed by atoms with Gasteiger partial charge >= 0.3 is 6.03 Å². The summed E-state index contributed by atoms with van der Waals surface area (Å²) in [6.07, 6.45) is 5.65. The van der Waals surface area contributed by atoms with Gasteiger partial charge in [0.05, 0.1) is 0 Å². The van der Waals surface area contributed by atoms with Crippen LogP contribution in [0.1, 0.15) is 30.4 Å². The molecule has 1 fully saturated rings. The molecule has 1 aliphatic rings. The highest BCUT2D eigenvalue weighted by atomic mass is 35.5. The highest BCUT2D eigenvalue weighted by Crippen LogP contribution is 2.21. The normalized spacial score (nSPS) is 13.4. The van der Waals surface area contributed by atoms with Gasteiger partial charge in [-0.05, 0) is 44.4 Å². The van der Waals surface area contributed by atoms with E-state index in [1.54, 1.807) is 25.3 Å². The molecule has 3 rings (SSSR count). The molecule has 2 heterocycles. The van der Waals surface area contributed by atoms with Crippen molar-refractivity contribution < 1.29 is 9.18 Å². The lowest BCUT2D eigenvalue weighted by Crippen LogP contribution is -2.32. The van der Waals surface area contributed by atoms with Gasteiger partial charge in [-0.3, -0.25) is 0 Å². The molecule has 0 saturated carbocycles.